The first kappa shape index (κ1) is 10.9. The van der Waals surface area contributed by atoms with Gasteiger partial charge in [-0.3, -0.25) is 0 Å². The fourth-order valence-electron chi connectivity index (χ4n) is 5.77. The van der Waals surface area contributed by atoms with E-state index in [9.17, 15) is 0 Å². The number of hydrogen-bond donors (Lipinski definition) is 0. The summed E-state index contributed by atoms with van der Waals surface area (Å²) in [6.45, 7) is 9.93. The topological polar surface area (TPSA) is 0 Å². The zero-order chi connectivity index (χ0) is 11.6. The lowest BCUT2D eigenvalue weighted by Gasteiger charge is -2.63. The first-order valence-electron chi connectivity index (χ1n) is 7.17. The molecule has 0 aromatic heterocycles. The number of allylic oxidation sites excluding steroid dienone is 2. The van der Waals surface area contributed by atoms with Crippen LogP contribution in [0.1, 0.15) is 59.8 Å². The highest BCUT2D eigenvalue weighted by molar-refractivity contribution is 5.24. The molecule has 0 aromatic carbocycles. The van der Waals surface area contributed by atoms with Crippen molar-refractivity contribution in [2.45, 2.75) is 59.8 Å². The van der Waals surface area contributed by atoms with Crippen molar-refractivity contribution >= 4 is 0 Å². The Morgan fingerprint density at radius 2 is 1.75 bits per heavy atom. The first-order valence-corrected chi connectivity index (χ1v) is 7.17. The van der Waals surface area contributed by atoms with Crippen molar-refractivity contribution in [2.24, 2.45) is 28.6 Å². The van der Waals surface area contributed by atoms with Gasteiger partial charge in [-0.25, -0.2) is 0 Å². The molecule has 0 saturated heterocycles. The van der Waals surface area contributed by atoms with Crippen LogP contribution in [-0.2, 0) is 0 Å². The van der Waals surface area contributed by atoms with Crippen LogP contribution in [0.4, 0.5) is 0 Å². The summed E-state index contributed by atoms with van der Waals surface area (Å²) in [4.78, 5) is 0. The summed E-state index contributed by atoms with van der Waals surface area (Å²) in [5.41, 5.74) is 2.94. The van der Waals surface area contributed by atoms with Gasteiger partial charge in [-0.05, 0) is 60.7 Å². The van der Waals surface area contributed by atoms with Crippen molar-refractivity contribution in [3.05, 3.63) is 11.6 Å². The van der Waals surface area contributed by atoms with Crippen LogP contribution >= 0.6 is 0 Å². The van der Waals surface area contributed by atoms with Crippen LogP contribution in [0.5, 0.6) is 0 Å². The predicted molar refractivity (Wildman–Crippen MR) is 69.2 cm³/mol. The van der Waals surface area contributed by atoms with Crippen molar-refractivity contribution in [3.8, 4) is 0 Å². The van der Waals surface area contributed by atoms with E-state index < -0.39 is 0 Å². The van der Waals surface area contributed by atoms with Gasteiger partial charge in [0.1, 0.15) is 0 Å². The molecule has 0 nitrogen and oxygen atoms in total. The van der Waals surface area contributed by atoms with Gasteiger partial charge >= 0.3 is 0 Å². The molecule has 0 radical (unpaired) electrons. The van der Waals surface area contributed by atoms with Crippen LogP contribution in [0.25, 0.3) is 0 Å². The van der Waals surface area contributed by atoms with Gasteiger partial charge in [-0.15, -0.1) is 0 Å². The molecule has 0 amide bonds. The maximum absolute atomic E-state index is 2.62. The van der Waals surface area contributed by atoms with Gasteiger partial charge in [0, 0.05) is 0 Å². The summed E-state index contributed by atoms with van der Waals surface area (Å²) in [6.07, 6.45) is 9.85. The predicted octanol–water partition coefficient (Wildman–Crippen LogP) is 4.81. The molecule has 4 aliphatic carbocycles. The zero-order valence-electron chi connectivity index (χ0n) is 11.3. The molecule has 2 saturated carbocycles. The summed E-state index contributed by atoms with van der Waals surface area (Å²) in [7, 11) is 0. The molecule has 16 heavy (non-hydrogen) atoms. The third-order valence-corrected chi connectivity index (χ3v) is 6.10. The van der Waals surface area contributed by atoms with Gasteiger partial charge in [0.15, 0.2) is 0 Å². The third kappa shape index (κ3) is 1.17. The van der Waals surface area contributed by atoms with Crippen molar-refractivity contribution in [1.29, 1.82) is 0 Å². The molecule has 0 spiro atoms. The summed E-state index contributed by atoms with van der Waals surface area (Å²) in [5, 5.41) is 0. The second kappa shape index (κ2) is 3.15. The second-order valence-electron chi connectivity index (χ2n) is 7.50. The van der Waals surface area contributed by atoms with Crippen molar-refractivity contribution in [1.82, 2.24) is 0 Å². The molecule has 0 heterocycles. The minimum atomic E-state index is 0.491. The van der Waals surface area contributed by atoms with E-state index in [0.717, 1.165) is 17.8 Å². The van der Waals surface area contributed by atoms with E-state index in [1.807, 2.05) is 5.57 Å². The Bertz CT molecular complexity index is 310. The fourth-order valence-corrected chi connectivity index (χ4v) is 5.77. The molecule has 2 fully saturated rings. The molecule has 90 valence electrons. The standard InChI is InChI=1S/C16H26/c1-5-16(15(2,3)4)13-7-11-6-12(9-13)10-14(16)8-11/h6,11,13-14H,5,7-10H2,1-4H3. The lowest BCUT2D eigenvalue weighted by Crippen LogP contribution is -2.55. The Labute approximate surface area is 101 Å². The normalized spacial score (nSPS) is 46.0. The van der Waals surface area contributed by atoms with Crippen LogP contribution < -0.4 is 0 Å². The third-order valence-electron chi connectivity index (χ3n) is 6.10. The van der Waals surface area contributed by atoms with Crippen LogP contribution in [0.15, 0.2) is 11.6 Å². The van der Waals surface area contributed by atoms with E-state index in [2.05, 4.69) is 33.8 Å². The first-order chi connectivity index (χ1) is 7.47. The zero-order valence-corrected chi connectivity index (χ0v) is 11.3. The molecule has 0 N–H and O–H groups in total. The van der Waals surface area contributed by atoms with E-state index in [1.165, 1.54) is 32.1 Å². The number of hydrogen-bond acceptors (Lipinski definition) is 0. The van der Waals surface area contributed by atoms with Crippen LogP contribution in [-0.4, -0.2) is 0 Å². The Kier molecular flexibility index (Phi) is 2.14. The van der Waals surface area contributed by atoms with E-state index in [4.69, 9.17) is 0 Å². The quantitative estimate of drug-likeness (QED) is 0.554. The molecule has 0 aromatic rings. The summed E-state index contributed by atoms with van der Waals surface area (Å²) >= 11 is 0. The number of rotatable bonds is 1. The van der Waals surface area contributed by atoms with Gasteiger partial charge in [0.05, 0.1) is 0 Å². The molecule has 4 aliphatic rings. The van der Waals surface area contributed by atoms with Crippen molar-refractivity contribution in [2.75, 3.05) is 0 Å². The van der Waals surface area contributed by atoms with Gasteiger partial charge in [0.2, 0.25) is 0 Å². The van der Waals surface area contributed by atoms with E-state index in [-0.39, 0.29) is 0 Å². The highest BCUT2D eigenvalue weighted by Crippen LogP contribution is 2.67. The Morgan fingerprint density at radius 1 is 1.19 bits per heavy atom. The average molecular weight is 218 g/mol. The van der Waals surface area contributed by atoms with Gasteiger partial charge < -0.3 is 0 Å². The van der Waals surface area contributed by atoms with E-state index in [0.29, 0.717) is 10.8 Å². The van der Waals surface area contributed by atoms with Gasteiger partial charge in [0.25, 0.3) is 0 Å². The molecule has 2 unspecified atom stereocenters. The van der Waals surface area contributed by atoms with Crippen molar-refractivity contribution < 1.29 is 0 Å². The van der Waals surface area contributed by atoms with E-state index >= 15 is 0 Å². The molecular formula is C16H26. The molecular weight excluding hydrogens is 192 g/mol. The average Bonchev–Trinajstić information content (AvgIpc) is 2.14. The van der Waals surface area contributed by atoms with Crippen molar-refractivity contribution in [3.63, 3.8) is 0 Å². The fraction of sp³-hybridized carbons (Fsp3) is 0.875. The van der Waals surface area contributed by atoms with Gasteiger partial charge in [-0.2, -0.15) is 0 Å². The Morgan fingerprint density at radius 3 is 2.12 bits per heavy atom. The molecule has 0 heteroatoms. The maximum atomic E-state index is 2.62. The molecule has 4 rings (SSSR count). The molecule has 4 bridgehead atoms. The highest BCUT2D eigenvalue weighted by atomic mass is 14.6. The largest absolute Gasteiger partial charge is 0.0822 e. The highest BCUT2D eigenvalue weighted by Gasteiger charge is 2.58. The lowest BCUT2D eigenvalue weighted by atomic mass is 9.41. The SMILES string of the molecule is CCC1(C(C)(C)C)C2CC3=CC(C2)CC1C3. The summed E-state index contributed by atoms with van der Waals surface area (Å²) < 4.78 is 0. The monoisotopic (exact) mass is 218 g/mol. The van der Waals surface area contributed by atoms with E-state index in [1.54, 1.807) is 0 Å². The summed E-state index contributed by atoms with van der Waals surface area (Å²) in [6, 6.07) is 0. The summed E-state index contributed by atoms with van der Waals surface area (Å²) in [5.74, 6) is 2.94. The molecule has 2 atom stereocenters. The second-order valence-corrected chi connectivity index (χ2v) is 7.50. The Hall–Kier alpha value is -0.260. The van der Waals surface area contributed by atoms with Gasteiger partial charge in [-0.1, -0.05) is 39.3 Å². The molecule has 0 aliphatic heterocycles. The smallest absolute Gasteiger partial charge is 0.0188 e. The lowest BCUT2D eigenvalue weighted by molar-refractivity contribution is -0.110. The minimum absolute atomic E-state index is 0.491. The Balaban J connectivity index is 2.06. The minimum Gasteiger partial charge on any atom is -0.0822 e. The van der Waals surface area contributed by atoms with Crippen LogP contribution in [0, 0.1) is 28.6 Å². The van der Waals surface area contributed by atoms with Crippen LogP contribution in [0.3, 0.4) is 0 Å². The van der Waals surface area contributed by atoms with Crippen LogP contribution in [0.2, 0.25) is 0 Å². The maximum Gasteiger partial charge on any atom is -0.0188 e.